The zero-order chi connectivity index (χ0) is 15.0. The van der Waals surface area contributed by atoms with Crippen molar-refractivity contribution in [3.8, 4) is 0 Å². The van der Waals surface area contributed by atoms with E-state index in [1.54, 1.807) is 12.1 Å². The molecule has 3 heteroatoms. The minimum absolute atomic E-state index is 0.201. The van der Waals surface area contributed by atoms with Gasteiger partial charge < -0.3 is 5.32 Å². The van der Waals surface area contributed by atoms with E-state index in [4.69, 9.17) is 11.6 Å². The molecule has 1 unspecified atom stereocenters. The van der Waals surface area contributed by atoms with Gasteiger partial charge >= 0.3 is 0 Å². The topological polar surface area (TPSA) is 12.0 Å². The standard InChI is InChI=1S/C17H27ClFN/c1-4-7-14(8-5-2)17(20-6-3)12-13-9-10-15(18)16(19)11-13/h9-11,14,17,20H,4-8,12H2,1-3H3. The van der Waals surface area contributed by atoms with E-state index in [1.165, 1.54) is 25.7 Å². The fraction of sp³-hybridized carbons (Fsp3) is 0.647. The SMILES string of the molecule is CCCC(CCC)C(Cc1ccc(Cl)c(F)c1)NCC. The molecule has 20 heavy (non-hydrogen) atoms. The Morgan fingerprint density at radius 2 is 1.80 bits per heavy atom. The van der Waals surface area contributed by atoms with Crippen molar-refractivity contribution in [2.45, 2.75) is 58.9 Å². The molecule has 0 saturated heterocycles. The van der Waals surface area contributed by atoms with E-state index in [-0.39, 0.29) is 10.8 Å². The largest absolute Gasteiger partial charge is 0.314 e. The molecular weight excluding hydrogens is 273 g/mol. The quantitative estimate of drug-likeness (QED) is 0.659. The predicted molar refractivity (Wildman–Crippen MR) is 85.9 cm³/mol. The van der Waals surface area contributed by atoms with Crippen LogP contribution >= 0.6 is 11.6 Å². The van der Waals surface area contributed by atoms with Crippen LogP contribution < -0.4 is 5.32 Å². The van der Waals surface area contributed by atoms with Crippen molar-refractivity contribution in [1.29, 1.82) is 0 Å². The molecule has 0 aliphatic rings. The first-order valence-electron chi connectivity index (χ1n) is 7.79. The summed E-state index contributed by atoms with van der Waals surface area (Å²) >= 11 is 5.75. The van der Waals surface area contributed by atoms with Gasteiger partial charge in [-0.1, -0.05) is 51.3 Å². The first-order chi connectivity index (χ1) is 9.62. The Morgan fingerprint density at radius 1 is 1.15 bits per heavy atom. The number of rotatable bonds is 9. The molecule has 1 aromatic carbocycles. The van der Waals surface area contributed by atoms with Gasteiger partial charge in [-0.3, -0.25) is 0 Å². The molecule has 1 N–H and O–H groups in total. The van der Waals surface area contributed by atoms with Crippen LogP contribution in [0.5, 0.6) is 0 Å². The summed E-state index contributed by atoms with van der Waals surface area (Å²) in [4.78, 5) is 0. The summed E-state index contributed by atoms with van der Waals surface area (Å²) in [7, 11) is 0. The zero-order valence-electron chi connectivity index (χ0n) is 12.9. The van der Waals surface area contributed by atoms with Crippen LogP contribution in [0.2, 0.25) is 5.02 Å². The van der Waals surface area contributed by atoms with Gasteiger partial charge in [0.15, 0.2) is 0 Å². The molecule has 1 nitrogen and oxygen atoms in total. The molecule has 0 radical (unpaired) electrons. The molecular formula is C17H27ClFN. The third-order valence-electron chi connectivity index (χ3n) is 3.79. The maximum absolute atomic E-state index is 13.6. The first-order valence-corrected chi connectivity index (χ1v) is 8.17. The number of nitrogens with one attached hydrogen (secondary N) is 1. The van der Waals surface area contributed by atoms with Crippen molar-refractivity contribution < 1.29 is 4.39 Å². The van der Waals surface area contributed by atoms with Gasteiger partial charge in [0.2, 0.25) is 0 Å². The summed E-state index contributed by atoms with van der Waals surface area (Å²) in [6, 6.07) is 5.58. The molecule has 0 aromatic heterocycles. The average Bonchev–Trinajstić information content (AvgIpc) is 2.42. The van der Waals surface area contributed by atoms with Crippen molar-refractivity contribution in [3.05, 3.63) is 34.6 Å². The highest BCUT2D eigenvalue weighted by atomic mass is 35.5. The maximum Gasteiger partial charge on any atom is 0.142 e. The lowest BCUT2D eigenvalue weighted by Gasteiger charge is -2.28. The normalized spacial score (nSPS) is 12.9. The molecule has 0 fully saturated rings. The molecule has 1 atom stereocenters. The van der Waals surface area contributed by atoms with Crippen molar-refractivity contribution in [2.24, 2.45) is 5.92 Å². The van der Waals surface area contributed by atoms with Crippen molar-refractivity contribution >= 4 is 11.6 Å². The van der Waals surface area contributed by atoms with Crippen molar-refractivity contribution in [3.63, 3.8) is 0 Å². The molecule has 0 spiro atoms. The Kier molecular flexibility index (Phi) is 8.16. The average molecular weight is 300 g/mol. The second kappa shape index (κ2) is 9.36. The van der Waals surface area contributed by atoms with E-state index in [0.717, 1.165) is 18.5 Å². The van der Waals surface area contributed by atoms with Gasteiger partial charge in [-0.2, -0.15) is 0 Å². The molecule has 0 bridgehead atoms. The highest BCUT2D eigenvalue weighted by Crippen LogP contribution is 2.23. The Balaban J connectivity index is 2.80. The fourth-order valence-corrected chi connectivity index (χ4v) is 2.99. The number of halogens is 2. The van der Waals surface area contributed by atoms with Crippen LogP contribution in [0.15, 0.2) is 18.2 Å². The van der Waals surface area contributed by atoms with Crippen LogP contribution in [0, 0.1) is 11.7 Å². The van der Waals surface area contributed by atoms with Crippen LogP contribution in [-0.4, -0.2) is 12.6 Å². The number of hydrogen-bond acceptors (Lipinski definition) is 1. The van der Waals surface area contributed by atoms with Gasteiger partial charge in [0.25, 0.3) is 0 Å². The summed E-state index contributed by atoms with van der Waals surface area (Å²) in [5.41, 5.74) is 1.02. The molecule has 0 heterocycles. The lowest BCUT2D eigenvalue weighted by atomic mass is 9.86. The van der Waals surface area contributed by atoms with Crippen LogP contribution in [0.3, 0.4) is 0 Å². The van der Waals surface area contributed by atoms with E-state index >= 15 is 0 Å². The highest BCUT2D eigenvalue weighted by Gasteiger charge is 2.20. The minimum Gasteiger partial charge on any atom is -0.314 e. The Hall–Kier alpha value is -0.600. The van der Waals surface area contributed by atoms with E-state index in [0.29, 0.717) is 12.0 Å². The predicted octanol–water partition coefficient (Wildman–Crippen LogP) is 5.22. The molecule has 0 saturated carbocycles. The van der Waals surface area contributed by atoms with Gasteiger partial charge in [0.1, 0.15) is 5.82 Å². The van der Waals surface area contributed by atoms with Crippen LogP contribution in [0.1, 0.15) is 52.0 Å². The van der Waals surface area contributed by atoms with Crippen LogP contribution in [-0.2, 0) is 6.42 Å². The molecule has 0 amide bonds. The lowest BCUT2D eigenvalue weighted by Crippen LogP contribution is -2.38. The third-order valence-corrected chi connectivity index (χ3v) is 4.10. The summed E-state index contributed by atoms with van der Waals surface area (Å²) in [6.45, 7) is 7.54. The first kappa shape index (κ1) is 17.5. The van der Waals surface area contributed by atoms with E-state index < -0.39 is 0 Å². The van der Waals surface area contributed by atoms with Crippen LogP contribution in [0.4, 0.5) is 4.39 Å². The lowest BCUT2D eigenvalue weighted by molar-refractivity contribution is 0.312. The molecule has 1 rings (SSSR count). The minimum atomic E-state index is -0.318. The Labute approximate surface area is 127 Å². The van der Waals surface area contributed by atoms with E-state index in [1.807, 2.05) is 6.07 Å². The molecule has 1 aromatic rings. The number of benzene rings is 1. The van der Waals surface area contributed by atoms with Gasteiger partial charge in [-0.15, -0.1) is 0 Å². The maximum atomic E-state index is 13.6. The van der Waals surface area contributed by atoms with Crippen LogP contribution in [0.25, 0.3) is 0 Å². The smallest absolute Gasteiger partial charge is 0.142 e. The highest BCUT2D eigenvalue weighted by molar-refractivity contribution is 6.30. The second-order valence-electron chi connectivity index (χ2n) is 5.45. The van der Waals surface area contributed by atoms with Crippen molar-refractivity contribution in [2.75, 3.05) is 6.54 Å². The number of likely N-dealkylation sites (N-methyl/N-ethyl adjacent to an activating group) is 1. The van der Waals surface area contributed by atoms with E-state index in [9.17, 15) is 4.39 Å². The molecule has 114 valence electrons. The van der Waals surface area contributed by atoms with E-state index in [2.05, 4.69) is 26.1 Å². The summed E-state index contributed by atoms with van der Waals surface area (Å²) in [6.07, 6.45) is 5.71. The van der Waals surface area contributed by atoms with Gasteiger partial charge in [-0.25, -0.2) is 4.39 Å². The summed E-state index contributed by atoms with van der Waals surface area (Å²) < 4.78 is 13.6. The monoisotopic (exact) mass is 299 g/mol. The Morgan fingerprint density at radius 3 is 2.30 bits per heavy atom. The Bertz CT molecular complexity index is 389. The fourth-order valence-electron chi connectivity index (χ4n) is 2.88. The van der Waals surface area contributed by atoms with Crippen molar-refractivity contribution in [1.82, 2.24) is 5.32 Å². The van der Waals surface area contributed by atoms with Gasteiger partial charge in [-0.05, 0) is 49.4 Å². The summed E-state index contributed by atoms with van der Waals surface area (Å²) in [5.74, 6) is 0.339. The second-order valence-corrected chi connectivity index (χ2v) is 5.86. The third kappa shape index (κ3) is 5.41. The molecule has 0 aliphatic carbocycles. The van der Waals surface area contributed by atoms with Gasteiger partial charge in [0, 0.05) is 6.04 Å². The number of hydrogen-bond donors (Lipinski definition) is 1. The summed E-state index contributed by atoms with van der Waals surface area (Å²) in [5, 5.41) is 3.78. The van der Waals surface area contributed by atoms with Gasteiger partial charge in [0.05, 0.1) is 5.02 Å². The molecule has 0 aliphatic heterocycles. The zero-order valence-corrected chi connectivity index (χ0v) is 13.6.